The summed E-state index contributed by atoms with van der Waals surface area (Å²) in [6.45, 7) is 4.24. The van der Waals surface area contributed by atoms with Crippen molar-refractivity contribution in [1.29, 1.82) is 0 Å². The smallest absolute Gasteiger partial charge is 0.315 e. The normalized spacial score (nSPS) is 22.8. The van der Waals surface area contributed by atoms with Gasteiger partial charge in [-0.2, -0.15) is 0 Å². The average Bonchev–Trinajstić information content (AvgIpc) is 2.98. The molecule has 2 saturated heterocycles. The number of thioether (sulfide) groups is 2. The van der Waals surface area contributed by atoms with Crippen LogP contribution in [0.1, 0.15) is 35.8 Å². The predicted molar refractivity (Wildman–Crippen MR) is 174 cm³/mol. The Hall–Kier alpha value is -1.42. The first kappa shape index (κ1) is 34.1. The van der Waals surface area contributed by atoms with Crippen molar-refractivity contribution in [3.05, 3.63) is 69.7 Å². The topological polar surface area (TPSA) is 67.9 Å². The Labute approximate surface area is 263 Å². The number of hydrogen-bond donors (Lipinski definition) is 1. The number of halogens is 2. The summed E-state index contributed by atoms with van der Waals surface area (Å²) in [5.41, 5.74) is 2.70. The Morgan fingerprint density at radius 2 is 1.32 bits per heavy atom. The van der Waals surface area contributed by atoms with E-state index >= 15 is 0 Å². The fourth-order valence-corrected chi connectivity index (χ4v) is 7.83. The zero-order valence-electron chi connectivity index (χ0n) is 24.2. The van der Waals surface area contributed by atoms with Crippen LogP contribution in [0, 0.1) is 11.8 Å². The first-order valence-electron chi connectivity index (χ1n) is 14.0. The molecule has 2 aliphatic rings. The lowest BCUT2D eigenvalue weighted by atomic mass is 9.81. The molecule has 0 saturated carbocycles. The highest BCUT2D eigenvalue weighted by Crippen LogP contribution is 2.35. The van der Waals surface area contributed by atoms with Crippen molar-refractivity contribution in [1.82, 2.24) is 10.2 Å². The molecule has 10 heteroatoms. The molecular formula is C31H42Cl2N2O4S2. The number of esters is 2. The molecule has 2 aromatic rings. The fraction of sp³-hybridized carbons (Fsp3) is 0.548. The molecule has 0 bridgehead atoms. The van der Waals surface area contributed by atoms with Gasteiger partial charge in [0.05, 0.1) is 25.7 Å². The zero-order valence-corrected chi connectivity index (χ0v) is 27.3. The molecule has 0 unspecified atom stereocenters. The van der Waals surface area contributed by atoms with E-state index in [2.05, 4.69) is 46.3 Å². The van der Waals surface area contributed by atoms with Crippen LogP contribution in [0.3, 0.4) is 0 Å². The van der Waals surface area contributed by atoms with Crippen molar-refractivity contribution in [3.63, 3.8) is 0 Å². The highest BCUT2D eigenvalue weighted by molar-refractivity contribution is 8.00. The molecule has 0 aliphatic carbocycles. The second kappa shape index (κ2) is 18.3. The summed E-state index contributed by atoms with van der Waals surface area (Å²) < 4.78 is 9.37. The molecule has 41 heavy (non-hydrogen) atoms. The van der Waals surface area contributed by atoms with Gasteiger partial charge < -0.3 is 19.7 Å². The van der Waals surface area contributed by atoms with Crippen molar-refractivity contribution in [2.75, 3.05) is 70.5 Å². The SMILES string of the molecule is COC(=O)CSC[C@H]1CN(C)CC[C@@H]1c1ccc(Cl)cc1.COC(=O)CSC[C@H]1CNCC[C@@H]1c1ccc(Cl)cc1. The van der Waals surface area contributed by atoms with Crippen LogP contribution in [-0.2, 0) is 19.1 Å². The maximum absolute atomic E-state index is 11.2. The first-order chi connectivity index (χ1) is 19.8. The molecule has 226 valence electrons. The number of nitrogens with one attached hydrogen (secondary N) is 1. The average molecular weight is 642 g/mol. The van der Waals surface area contributed by atoms with Crippen molar-refractivity contribution >= 4 is 58.7 Å². The summed E-state index contributed by atoms with van der Waals surface area (Å²) >= 11 is 15.3. The second-order valence-corrected chi connectivity index (χ2v) is 13.5. The van der Waals surface area contributed by atoms with E-state index in [0.717, 1.165) is 60.6 Å². The minimum absolute atomic E-state index is 0.146. The molecule has 4 rings (SSSR count). The van der Waals surface area contributed by atoms with Gasteiger partial charge in [-0.15, -0.1) is 23.5 Å². The van der Waals surface area contributed by atoms with Gasteiger partial charge in [0.25, 0.3) is 0 Å². The van der Waals surface area contributed by atoms with Crippen molar-refractivity contribution in [3.8, 4) is 0 Å². The van der Waals surface area contributed by atoms with E-state index in [-0.39, 0.29) is 11.9 Å². The van der Waals surface area contributed by atoms with Crippen LogP contribution in [-0.4, -0.2) is 87.3 Å². The second-order valence-electron chi connectivity index (χ2n) is 10.6. The highest BCUT2D eigenvalue weighted by atomic mass is 35.5. The number of benzene rings is 2. The standard InChI is InChI=1S/C16H22ClNO2S.C15H20ClNO2S/c1-18-8-7-15(12-3-5-14(17)6-4-12)13(9-18)10-21-11-16(19)20-2;1-19-15(18)10-20-9-12-8-17-7-6-14(12)11-2-4-13(16)5-3-11/h3-6,13,15H,7-11H2,1-2H3;2-5,12,14,17H,6-10H2,1H3/t13-,15-;12-,14-/m11/s1. The van der Waals surface area contributed by atoms with Crippen LogP contribution in [0.4, 0.5) is 0 Å². The van der Waals surface area contributed by atoms with Crippen molar-refractivity contribution in [2.45, 2.75) is 24.7 Å². The zero-order chi connectivity index (χ0) is 29.6. The van der Waals surface area contributed by atoms with Crippen LogP contribution in [0.15, 0.2) is 48.5 Å². The van der Waals surface area contributed by atoms with Gasteiger partial charge in [-0.3, -0.25) is 9.59 Å². The van der Waals surface area contributed by atoms with Gasteiger partial charge in [-0.1, -0.05) is 47.5 Å². The molecule has 2 aromatic carbocycles. The number of rotatable bonds is 10. The maximum atomic E-state index is 11.2. The molecule has 2 aliphatic heterocycles. The van der Waals surface area contributed by atoms with Crippen LogP contribution in [0.2, 0.25) is 10.0 Å². The van der Waals surface area contributed by atoms with Gasteiger partial charge >= 0.3 is 11.9 Å². The Morgan fingerprint density at radius 1 is 0.829 bits per heavy atom. The van der Waals surface area contributed by atoms with Crippen LogP contribution < -0.4 is 5.32 Å². The summed E-state index contributed by atoms with van der Waals surface area (Å²) in [5.74, 6) is 4.70. The van der Waals surface area contributed by atoms with Gasteiger partial charge in [0.1, 0.15) is 0 Å². The summed E-state index contributed by atoms with van der Waals surface area (Å²) in [6.07, 6.45) is 2.28. The number of nitrogens with zero attached hydrogens (tertiary/aromatic N) is 1. The fourth-order valence-electron chi connectivity index (χ4n) is 5.48. The van der Waals surface area contributed by atoms with E-state index in [4.69, 9.17) is 27.9 Å². The van der Waals surface area contributed by atoms with E-state index in [9.17, 15) is 9.59 Å². The summed E-state index contributed by atoms with van der Waals surface area (Å²) in [7, 11) is 5.03. The third-order valence-corrected chi connectivity index (χ3v) is 10.4. The lowest BCUT2D eigenvalue weighted by Gasteiger charge is -2.37. The minimum atomic E-state index is -0.151. The quantitative estimate of drug-likeness (QED) is 0.307. The van der Waals surface area contributed by atoms with E-state index in [0.29, 0.717) is 35.2 Å². The van der Waals surface area contributed by atoms with E-state index in [1.165, 1.54) is 25.3 Å². The Bertz CT molecular complexity index is 1070. The third kappa shape index (κ3) is 11.6. The molecule has 1 N–H and O–H groups in total. The Balaban J connectivity index is 0.000000226. The first-order valence-corrected chi connectivity index (χ1v) is 17.1. The number of ether oxygens (including phenoxy) is 2. The minimum Gasteiger partial charge on any atom is -0.468 e. The summed E-state index contributed by atoms with van der Waals surface area (Å²) in [4.78, 5) is 24.8. The van der Waals surface area contributed by atoms with Gasteiger partial charge in [0, 0.05) is 16.6 Å². The van der Waals surface area contributed by atoms with Gasteiger partial charge in [0.15, 0.2) is 0 Å². The molecule has 0 amide bonds. The van der Waals surface area contributed by atoms with Crippen LogP contribution in [0.5, 0.6) is 0 Å². The Kier molecular flexibility index (Phi) is 15.2. The maximum Gasteiger partial charge on any atom is 0.315 e. The summed E-state index contributed by atoms with van der Waals surface area (Å²) in [5, 5.41) is 5.00. The molecule has 6 nitrogen and oxygen atoms in total. The van der Waals surface area contributed by atoms with Crippen LogP contribution >= 0.6 is 46.7 Å². The number of hydrogen-bond acceptors (Lipinski definition) is 8. The van der Waals surface area contributed by atoms with Crippen LogP contribution in [0.25, 0.3) is 0 Å². The van der Waals surface area contributed by atoms with Crippen molar-refractivity contribution in [2.24, 2.45) is 11.8 Å². The molecule has 2 heterocycles. The lowest BCUT2D eigenvalue weighted by molar-refractivity contribution is -0.138. The molecule has 0 radical (unpaired) electrons. The lowest BCUT2D eigenvalue weighted by Crippen LogP contribution is -2.38. The number of methoxy groups -OCH3 is 2. The predicted octanol–water partition coefficient (Wildman–Crippen LogP) is 6.22. The van der Waals surface area contributed by atoms with Crippen molar-refractivity contribution < 1.29 is 19.1 Å². The summed E-state index contributed by atoms with van der Waals surface area (Å²) in [6, 6.07) is 16.4. The number of carbonyl (C=O) groups excluding carboxylic acids is 2. The van der Waals surface area contributed by atoms with E-state index in [1.807, 2.05) is 24.3 Å². The van der Waals surface area contributed by atoms with E-state index in [1.54, 1.807) is 23.5 Å². The molecule has 0 aromatic heterocycles. The molecule has 0 spiro atoms. The van der Waals surface area contributed by atoms with Gasteiger partial charge in [-0.05, 0) is 110 Å². The van der Waals surface area contributed by atoms with Gasteiger partial charge in [-0.25, -0.2) is 0 Å². The Morgan fingerprint density at radius 3 is 1.83 bits per heavy atom. The van der Waals surface area contributed by atoms with E-state index < -0.39 is 0 Å². The molecule has 2 fully saturated rings. The molecule has 4 atom stereocenters. The number of carbonyl (C=O) groups is 2. The highest BCUT2D eigenvalue weighted by Gasteiger charge is 2.29. The number of piperidine rings is 2. The number of likely N-dealkylation sites (tertiary alicyclic amines) is 1. The largest absolute Gasteiger partial charge is 0.468 e. The molecular weight excluding hydrogens is 599 g/mol. The third-order valence-electron chi connectivity index (χ3n) is 7.70. The monoisotopic (exact) mass is 640 g/mol. The van der Waals surface area contributed by atoms with Gasteiger partial charge in [0.2, 0.25) is 0 Å².